The molecule has 0 bridgehead atoms. The Morgan fingerprint density at radius 3 is 2.59 bits per heavy atom. The van der Waals surface area contributed by atoms with Crippen LogP contribution in [0.1, 0.15) is 49.3 Å². The molecule has 2 heterocycles. The molecule has 160 valence electrons. The molecule has 1 aromatic carbocycles. The Morgan fingerprint density at radius 1 is 1.14 bits per heavy atom. The zero-order valence-corrected chi connectivity index (χ0v) is 17.9. The number of fused-ring (bicyclic) bond motifs is 1. The first-order valence-corrected chi connectivity index (χ1v) is 12.5. The largest absolute Gasteiger partial charge is 0.387 e. The van der Waals surface area contributed by atoms with Gasteiger partial charge in [0.05, 0.1) is 24.6 Å². The van der Waals surface area contributed by atoms with Crippen LogP contribution >= 0.6 is 0 Å². The van der Waals surface area contributed by atoms with Crippen LogP contribution in [0.25, 0.3) is 0 Å². The maximum Gasteiger partial charge on any atom is 0.237 e. The van der Waals surface area contributed by atoms with Crippen molar-refractivity contribution in [3.63, 3.8) is 0 Å². The average Bonchev–Trinajstić information content (AvgIpc) is 3.12. The van der Waals surface area contributed by atoms with E-state index in [0.29, 0.717) is 37.8 Å². The number of sulfonamides is 1. The summed E-state index contributed by atoms with van der Waals surface area (Å²) in [5, 5.41) is 10.7. The fraction of sp³-hybridized carbons (Fsp3) is 0.667. The number of benzene rings is 1. The smallest absolute Gasteiger partial charge is 0.237 e. The lowest BCUT2D eigenvalue weighted by Crippen LogP contribution is -2.54. The number of anilines is 1. The van der Waals surface area contributed by atoms with Gasteiger partial charge < -0.3 is 10.0 Å². The van der Waals surface area contributed by atoms with Crippen LogP contribution in [0, 0.1) is 0 Å². The van der Waals surface area contributed by atoms with E-state index in [4.69, 9.17) is 0 Å². The lowest BCUT2D eigenvalue weighted by molar-refractivity contribution is -0.140. The van der Waals surface area contributed by atoms with Crippen LogP contribution in [0.4, 0.5) is 5.69 Å². The summed E-state index contributed by atoms with van der Waals surface area (Å²) < 4.78 is 25.2. The molecule has 1 saturated carbocycles. The molecule has 1 N–H and O–H groups in total. The Bertz CT molecular complexity index is 867. The van der Waals surface area contributed by atoms with E-state index in [0.717, 1.165) is 37.1 Å². The molecule has 0 radical (unpaired) electrons. The van der Waals surface area contributed by atoms with Crippen molar-refractivity contribution in [3.05, 3.63) is 29.3 Å². The van der Waals surface area contributed by atoms with Crippen molar-refractivity contribution < 1.29 is 18.3 Å². The number of nitrogens with zero attached hydrogens (tertiary/aromatic N) is 3. The van der Waals surface area contributed by atoms with Gasteiger partial charge in [0.25, 0.3) is 0 Å². The first-order chi connectivity index (χ1) is 13.8. The van der Waals surface area contributed by atoms with E-state index in [-0.39, 0.29) is 5.91 Å². The standard InChI is InChI=1S/C21H31N3O4S/c1-29(27,28)24-10-9-16-13-17(7-8-19(16)24)20(25)14-22-11-12-23(21(26)15-22)18-5-3-2-4-6-18/h7-8,13,18,20,25H,2-6,9-12,14-15H2,1H3. The van der Waals surface area contributed by atoms with E-state index in [2.05, 4.69) is 4.90 Å². The third kappa shape index (κ3) is 4.44. The molecule has 1 saturated heterocycles. The van der Waals surface area contributed by atoms with Crippen LogP contribution in [-0.4, -0.2) is 74.3 Å². The third-order valence-electron chi connectivity index (χ3n) is 6.52. The zero-order chi connectivity index (χ0) is 20.6. The molecule has 1 aliphatic carbocycles. The van der Waals surface area contributed by atoms with Crippen molar-refractivity contribution in [1.82, 2.24) is 9.80 Å². The molecule has 2 aliphatic heterocycles. The number of piperazine rings is 1. The molecular formula is C21H31N3O4S. The molecule has 2 fully saturated rings. The summed E-state index contributed by atoms with van der Waals surface area (Å²) >= 11 is 0. The summed E-state index contributed by atoms with van der Waals surface area (Å²) in [6.45, 7) is 2.75. The van der Waals surface area contributed by atoms with Crippen LogP contribution in [0.2, 0.25) is 0 Å². The molecular weight excluding hydrogens is 390 g/mol. The number of amides is 1. The maximum atomic E-state index is 12.6. The Balaban J connectivity index is 1.37. The van der Waals surface area contributed by atoms with Gasteiger partial charge in [-0.3, -0.25) is 14.0 Å². The summed E-state index contributed by atoms with van der Waals surface area (Å²) in [4.78, 5) is 16.7. The topological polar surface area (TPSA) is 81.2 Å². The summed E-state index contributed by atoms with van der Waals surface area (Å²) in [7, 11) is -3.27. The van der Waals surface area contributed by atoms with Gasteiger partial charge in [-0.25, -0.2) is 8.42 Å². The highest BCUT2D eigenvalue weighted by molar-refractivity contribution is 7.92. The van der Waals surface area contributed by atoms with Gasteiger partial charge in [-0.1, -0.05) is 31.4 Å². The number of hydrogen-bond donors (Lipinski definition) is 1. The first kappa shape index (κ1) is 20.6. The van der Waals surface area contributed by atoms with Crippen LogP contribution in [0.3, 0.4) is 0 Å². The van der Waals surface area contributed by atoms with Crippen molar-refractivity contribution >= 4 is 21.6 Å². The van der Waals surface area contributed by atoms with Gasteiger partial charge in [0.15, 0.2) is 0 Å². The van der Waals surface area contributed by atoms with Crippen LogP contribution in [0.15, 0.2) is 18.2 Å². The molecule has 8 heteroatoms. The van der Waals surface area contributed by atoms with Gasteiger partial charge in [0.2, 0.25) is 15.9 Å². The monoisotopic (exact) mass is 421 g/mol. The van der Waals surface area contributed by atoms with Crippen molar-refractivity contribution in [3.8, 4) is 0 Å². The second-order valence-corrected chi connectivity index (χ2v) is 10.5. The van der Waals surface area contributed by atoms with Crippen LogP contribution < -0.4 is 4.31 Å². The maximum absolute atomic E-state index is 12.6. The molecule has 0 spiro atoms. The minimum Gasteiger partial charge on any atom is -0.387 e. The van der Waals surface area contributed by atoms with E-state index >= 15 is 0 Å². The fourth-order valence-corrected chi connectivity index (χ4v) is 5.92. The lowest BCUT2D eigenvalue weighted by atomic mass is 9.93. The predicted molar refractivity (Wildman–Crippen MR) is 112 cm³/mol. The average molecular weight is 422 g/mol. The van der Waals surface area contributed by atoms with Gasteiger partial charge in [-0.15, -0.1) is 0 Å². The molecule has 29 heavy (non-hydrogen) atoms. The van der Waals surface area contributed by atoms with Gasteiger partial charge in [-0.2, -0.15) is 0 Å². The molecule has 4 rings (SSSR count). The van der Waals surface area contributed by atoms with E-state index < -0.39 is 16.1 Å². The summed E-state index contributed by atoms with van der Waals surface area (Å²) in [5.74, 6) is 0.174. The molecule has 1 unspecified atom stereocenters. The van der Waals surface area contributed by atoms with Crippen molar-refractivity contribution in [2.75, 3.05) is 43.3 Å². The second kappa shape index (κ2) is 8.24. The van der Waals surface area contributed by atoms with E-state index in [9.17, 15) is 18.3 Å². The molecule has 1 aromatic rings. The molecule has 0 aromatic heterocycles. The first-order valence-electron chi connectivity index (χ1n) is 10.6. The second-order valence-electron chi connectivity index (χ2n) is 8.60. The highest BCUT2D eigenvalue weighted by Gasteiger charge is 2.32. The van der Waals surface area contributed by atoms with E-state index in [1.54, 1.807) is 12.1 Å². The van der Waals surface area contributed by atoms with Gasteiger partial charge in [-0.05, 0) is 36.5 Å². The Hall–Kier alpha value is -1.64. The minimum atomic E-state index is -3.27. The normalized spacial score (nSPS) is 22.8. The number of aliphatic hydroxyl groups excluding tert-OH is 1. The SMILES string of the molecule is CS(=O)(=O)N1CCc2cc(C(O)CN3CCN(C4CCCCC4)C(=O)C3)ccc21. The van der Waals surface area contributed by atoms with Gasteiger partial charge in [0, 0.05) is 32.2 Å². The van der Waals surface area contributed by atoms with Crippen molar-refractivity contribution in [1.29, 1.82) is 0 Å². The number of rotatable bonds is 5. The third-order valence-corrected chi connectivity index (χ3v) is 7.70. The van der Waals surface area contributed by atoms with Crippen molar-refractivity contribution in [2.45, 2.75) is 50.7 Å². The highest BCUT2D eigenvalue weighted by atomic mass is 32.2. The number of carbonyl (C=O) groups is 1. The number of carbonyl (C=O) groups excluding carboxylic acids is 1. The molecule has 3 aliphatic rings. The minimum absolute atomic E-state index is 0.174. The van der Waals surface area contributed by atoms with E-state index in [1.165, 1.54) is 29.8 Å². The molecule has 7 nitrogen and oxygen atoms in total. The lowest BCUT2D eigenvalue weighted by Gasteiger charge is -2.41. The Labute approximate surface area is 173 Å². The van der Waals surface area contributed by atoms with Crippen LogP contribution in [0.5, 0.6) is 0 Å². The Kier molecular flexibility index (Phi) is 5.86. The van der Waals surface area contributed by atoms with Gasteiger partial charge >= 0.3 is 0 Å². The van der Waals surface area contributed by atoms with E-state index in [1.807, 2.05) is 11.0 Å². The highest BCUT2D eigenvalue weighted by Crippen LogP contribution is 2.32. The quantitative estimate of drug-likeness (QED) is 0.780. The van der Waals surface area contributed by atoms with Gasteiger partial charge in [0.1, 0.15) is 0 Å². The number of hydrogen-bond acceptors (Lipinski definition) is 5. The van der Waals surface area contributed by atoms with Crippen LogP contribution in [-0.2, 0) is 21.2 Å². The molecule has 1 atom stereocenters. The fourth-order valence-electron chi connectivity index (χ4n) is 4.96. The number of aliphatic hydroxyl groups is 1. The number of β-amino-alcohol motifs (C(OH)–C–C–N with tert-alkyl or cyclic N) is 1. The molecule has 1 amide bonds. The summed E-state index contributed by atoms with van der Waals surface area (Å²) in [6, 6.07) is 5.89. The Morgan fingerprint density at radius 2 is 1.90 bits per heavy atom. The van der Waals surface area contributed by atoms with Crippen molar-refractivity contribution in [2.24, 2.45) is 0 Å². The summed E-state index contributed by atoms with van der Waals surface area (Å²) in [5.41, 5.74) is 2.44. The zero-order valence-electron chi connectivity index (χ0n) is 17.1. The summed E-state index contributed by atoms with van der Waals surface area (Å²) in [6.07, 6.45) is 7.12. The predicted octanol–water partition coefficient (Wildman–Crippen LogP) is 1.52.